The van der Waals surface area contributed by atoms with Crippen LogP contribution >= 0.6 is 43.5 Å². The van der Waals surface area contributed by atoms with Crippen LogP contribution in [0.1, 0.15) is 44.3 Å². The number of carbonyl (C=O) groups excluding carboxylic acids is 4. The molecule has 10 aromatic rings. The van der Waals surface area contributed by atoms with E-state index >= 15 is 0 Å². The van der Waals surface area contributed by atoms with Gasteiger partial charge in [-0.05, 0) is 101 Å². The molecule has 0 spiro atoms. The van der Waals surface area contributed by atoms with Crippen LogP contribution in [0.15, 0.2) is 114 Å². The Bertz CT molecular complexity index is 4170. The highest BCUT2D eigenvalue weighted by atomic mass is 79.9. The summed E-state index contributed by atoms with van der Waals surface area (Å²) in [7, 11) is -1.51. The number of hydrogen-bond acceptors (Lipinski definition) is 31. The lowest BCUT2D eigenvalue weighted by Crippen LogP contribution is -2.38. The number of nitrogens with zero attached hydrogens (tertiary/aromatic N) is 20. The Morgan fingerprint density at radius 2 is 0.920 bits per heavy atom. The van der Waals surface area contributed by atoms with Crippen molar-refractivity contribution >= 4 is 120 Å². The zero-order valence-corrected chi connectivity index (χ0v) is 58.7. The predicted molar refractivity (Wildman–Crippen MR) is 372 cm³/mol. The quantitative estimate of drug-likeness (QED) is 0.0315. The minimum atomic E-state index is -1.51. The third-order valence-electron chi connectivity index (χ3n) is 13.9. The maximum absolute atomic E-state index is 11.6. The van der Waals surface area contributed by atoms with Gasteiger partial charge in [-0.3, -0.25) is 19.2 Å². The first-order chi connectivity index (χ1) is 48.5. The van der Waals surface area contributed by atoms with Gasteiger partial charge in [-0.2, -0.15) is 15.3 Å². The summed E-state index contributed by atoms with van der Waals surface area (Å²) < 4.78 is 36.6. The van der Waals surface area contributed by atoms with Crippen LogP contribution in [0.2, 0.25) is 0 Å². The van der Waals surface area contributed by atoms with E-state index in [1.54, 1.807) is 89.7 Å². The maximum Gasteiger partial charge on any atom is 0.491 e. The number of Topliss-reactive ketones (excluding diaryl/α,β-unsaturated/α-hetero) is 1. The van der Waals surface area contributed by atoms with Gasteiger partial charge in [-0.15, -0.1) is 21.8 Å². The van der Waals surface area contributed by atoms with Crippen LogP contribution in [-0.2, 0) is 66.9 Å². The number of aromatic nitrogens is 17. The highest BCUT2D eigenvalue weighted by Crippen LogP contribution is 2.21. The molecule has 5 N–H and O–H groups in total. The summed E-state index contributed by atoms with van der Waals surface area (Å²) in [6.45, 7) is 15.3. The highest BCUT2D eigenvalue weighted by Gasteiger charge is 2.19. The first-order valence-corrected chi connectivity index (χ1v) is 33.6. The van der Waals surface area contributed by atoms with Gasteiger partial charge < -0.3 is 64.0 Å². The van der Waals surface area contributed by atoms with Crippen LogP contribution in [0.3, 0.4) is 0 Å². The van der Waals surface area contributed by atoms with E-state index in [0.29, 0.717) is 116 Å². The van der Waals surface area contributed by atoms with E-state index in [1.165, 1.54) is 12.4 Å². The Morgan fingerprint density at radius 1 is 0.530 bits per heavy atom. The number of rotatable bonds is 18. The number of aliphatic hydroxyl groups is 1. The van der Waals surface area contributed by atoms with E-state index in [4.69, 9.17) is 56.2 Å². The Hall–Kier alpha value is -9.47. The normalized spacial score (nSPS) is 13.3. The van der Waals surface area contributed by atoms with Gasteiger partial charge in [-0.25, -0.2) is 58.4 Å². The molecule has 0 aromatic carbocycles. The number of fused-ring (bicyclic) bond motifs is 3. The summed E-state index contributed by atoms with van der Waals surface area (Å²) in [5.41, 5.74) is 12.9. The molecule has 34 nitrogen and oxygen atoms in total. The van der Waals surface area contributed by atoms with E-state index in [0.717, 1.165) is 83.7 Å². The van der Waals surface area contributed by atoms with Crippen LogP contribution in [0.5, 0.6) is 0 Å². The van der Waals surface area contributed by atoms with Gasteiger partial charge in [0.25, 0.3) is 0 Å². The van der Waals surface area contributed by atoms with Crippen LogP contribution in [0, 0.1) is 0 Å². The number of ketones is 1. The smallest absolute Gasteiger partial charge is 0.466 e. The van der Waals surface area contributed by atoms with Crippen LogP contribution in [-0.4, -0.2) is 241 Å². The lowest BCUT2D eigenvalue weighted by molar-refractivity contribution is -0.145. The molecule has 3 aliphatic rings. The van der Waals surface area contributed by atoms with Gasteiger partial charge >= 0.3 is 25.0 Å². The second-order valence-electron chi connectivity index (χ2n) is 21.1. The molecule has 3 fully saturated rings. The Labute approximate surface area is 595 Å². The molecule has 0 unspecified atom stereocenters. The van der Waals surface area contributed by atoms with E-state index in [9.17, 15) is 19.2 Å². The summed E-state index contributed by atoms with van der Waals surface area (Å²) in [6.07, 6.45) is 15.9. The first kappa shape index (κ1) is 76.3. The second-order valence-corrected chi connectivity index (χ2v) is 23.0. The second kappa shape index (κ2) is 40.0. The van der Waals surface area contributed by atoms with Gasteiger partial charge in [0.2, 0.25) is 17.8 Å². The summed E-state index contributed by atoms with van der Waals surface area (Å²) in [4.78, 5) is 89.1. The molecular formula is C62H73BBr2ClN21O13. The minimum Gasteiger partial charge on any atom is -0.466 e. The maximum atomic E-state index is 11.6. The van der Waals surface area contributed by atoms with Crippen molar-refractivity contribution in [1.29, 1.82) is 0 Å². The summed E-state index contributed by atoms with van der Waals surface area (Å²) in [6, 6.07) is 14.6. The van der Waals surface area contributed by atoms with E-state index in [-0.39, 0.29) is 49.5 Å². The van der Waals surface area contributed by atoms with Crippen LogP contribution < -0.4 is 25.9 Å². The SMILES string of the molecule is CCOC(=O)CC(=O)CCl.CCOC(=O)Cc1cn2nc(-c3cnc(N4CCOCC4)nc3)ccc2n1.CCOC(=O)Cc1cn2nc(Br)ccc2n1.Nc1ccc(Br)nn1.OB(O)c1cnc(N2CCOCC2)nc1.OCCc1cn2nc(-c3cnc(N4CCOCC4)nc3)ccc2n1. The Kier molecular flexibility index (Phi) is 30.5. The molecule has 100 heavy (non-hydrogen) atoms. The molecule has 0 amide bonds. The van der Waals surface area contributed by atoms with E-state index in [2.05, 4.69) is 117 Å². The molecule has 0 bridgehead atoms. The number of alkyl halides is 1. The molecule has 13 rings (SSSR count). The highest BCUT2D eigenvalue weighted by molar-refractivity contribution is 9.10. The molecule has 13 heterocycles. The predicted octanol–water partition coefficient (Wildman–Crippen LogP) is 2.85. The molecule has 3 aliphatic heterocycles. The van der Waals surface area contributed by atoms with Crippen molar-refractivity contribution in [3.05, 3.63) is 131 Å². The molecular weight excluding hydrogens is 1450 g/mol. The van der Waals surface area contributed by atoms with Crippen molar-refractivity contribution < 1.29 is 62.8 Å². The average molecular weight is 1530 g/mol. The number of carbonyl (C=O) groups is 4. The minimum absolute atomic E-state index is 0.0770. The fourth-order valence-corrected chi connectivity index (χ4v) is 9.71. The fourth-order valence-electron chi connectivity index (χ4n) is 9.10. The molecule has 528 valence electrons. The standard InChI is InChI=1S/C18H20N6O3.C16H18N6O2.C10H10BrN3O2.C8H12BN3O3.C6H9ClO3.C4H4BrN3/c1-2-27-17(25)9-14-12-24-16(21-14)4-3-15(22-24)13-10-19-18(20-11-13)23-5-7-26-8-6-23;23-6-3-13-11-22-15(19-13)2-1-14(20-22)12-9-17-16(18-10-12)21-4-7-24-8-5-21;1-2-16-10(15)5-7-6-14-9(12-7)4-3-8(11)13-14;13-9(14)7-5-10-8(11-6-7)12-1-3-15-4-2-12;1-2-10-6(9)3-5(8)4-7;5-3-1-2-4(6)8-7-3/h3-4,10-12H,2,5-9H2,1H3;1-2,9-11,23H,3-8H2;3-4,6H,2,5H2,1H3;5-6,13-14H,1-4H2;2-4H2,1H3;1-2H,(H2,6,8). The van der Waals surface area contributed by atoms with E-state index < -0.39 is 13.1 Å². The third-order valence-corrected chi connectivity index (χ3v) is 15.0. The molecule has 0 atom stereocenters. The van der Waals surface area contributed by atoms with Gasteiger partial charge in [0.1, 0.15) is 21.4 Å². The number of aliphatic hydroxyl groups excluding tert-OH is 1. The number of ether oxygens (including phenoxy) is 6. The first-order valence-electron chi connectivity index (χ1n) is 31.4. The number of anilines is 4. The van der Waals surface area contributed by atoms with Gasteiger partial charge in [0.15, 0.2) is 22.7 Å². The van der Waals surface area contributed by atoms with Gasteiger partial charge in [-0.1, -0.05) is 0 Å². The zero-order valence-electron chi connectivity index (χ0n) is 54.8. The lowest BCUT2D eigenvalue weighted by atomic mass is 9.83. The van der Waals surface area contributed by atoms with Crippen molar-refractivity contribution in [3.63, 3.8) is 0 Å². The van der Waals surface area contributed by atoms with Crippen LogP contribution in [0.4, 0.5) is 23.7 Å². The molecule has 10 aromatic heterocycles. The molecule has 0 saturated carbocycles. The Morgan fingerprint density at radius 3 is 1.31 bits per heavy atom. The number of nitrogens with two attached hydrogens (primary N) is 1. The largest absolute Gasteiger partial charge is 0.491 e. The Balaban J connectivity index is 0.000000160. The fraction of sp³-hybridized carbons (Fsp3) is 0.387. The lowest BCUT2D eigenvalue weighted by Gasteiger charge is -2.26. The number of esters is 3. The topological polar surface area (TPSA) is 414 Å². The summed E-state index contributed by atoms with van der Waals surface area (Å²) in [5, 5.41) is 47.2. The number of imidazole rings is 3. The molecule has 3 saturated heterocycles. The average Bonchev–Trinajstić information content (AvgIpc) is 1.58. The van der Waals surface area contributed by atoms with Crippen molar-refractivity contribution in [2.75, 3.05) is 132 Å². The number of halogens is 3. The molecule has 38 heteroatoms. The van der Waals surface area contributed by atoms with E-state index in [1.807, 2.05) is 41.4 Å². The van der Waals surface area contributed by atoms with Crippen molar-refractivity contribution in [1.82, 2.24) is 83.9 Å². The number of morpholine rings is 3. The number of nitrogen functional groups attached to an aromatic ring is 1. The summed E-state index contributed by atoms with van der Waals surface area (Å²) >= 11 is 11.5. The monoisotopic (exact) mass is 1520 g/mol. The third kappa shape index (κ3) is 24.2. The van der Waals surface area contributed by atoms with Crippen molar-refractivity contribution in [2.45, 2.75) is 46.5 Å². The van der Waals surface area contributed by atoms with Crippen molar-refractivity contribution in [3.8, 4) is 22.5 Å². The molecule has 0 aliphatic carbocycles. The van der Waals surface area contributed by atoms with Crippen LogP contribution in [0.25, 0.3) is 39.5 Å². The van der Waals surface area contributed by atoms with Crippen molar-refractivity contribution in [2.24, 2.45) is 0 Å². The zero-order chi connectivity index (χ0) is 71.2. The number of hydrogen-bond donors (Lipinski definition) is 4. The van der Waals surface area contributed by atoms with Gasteiger partial charge in [0.05, 0.1) is 125 Å². The molecule has 0 radical (unpaired) electrons. The summed E-state index contributed by atoms with van der Waals surface area (Å²) in [5.74, 6) is 0.944. The van der Waals surface area contributed by atoms with Gasteiger partial charge in [0, 0.05) is 106 Å².